The summed E-state index contributed by atoms with van der Waals surface area (Å²) in [5.74, 6) is -0.270. The lowest BCUT2D eigenvalue weighted by atomic mass is 10.1. The predicted molar refractivity (Wildman–Crippen MR) is 48.4 cm³/mol. The Labute approximate surface area is 75.7 Å². The first-order chi connectivity index (χ1) is 6.22. The second-order valence-electron chi connectivity index (χ2n) is 2.76. The third-order valence-electron chi connectivity index (χ3n) is 1.64. The van der Waals surface area contributed by atoms with Crippen LogP contribution in [0.4, 0.5) is 4.39 Å². The summed E-state index contributed by atoms with van der Waals surface area (Å²) in [5, 5.41) is 11.0. The molecule has 70 valence electrons. The van der Waals surface area contributed by atoms with E-state index in [4.69, 9.17) is 10.9 Å². The molecule has 0 radical (unpaired) electrons. The first kappa shape index (κ1) is 9.67. The van der Waals surface area contributed by atoms with Crippen molar-refractivity contribution in [3.8, 4) is 0 Å². The molecule has 0 aliphatic carbocycles. The van der Waals surface area contributed by atoms with Gasteiger partial charge in [-0.1, -0.05) is 12.1 Å². The number of benzene rings is 1. The molecule has 0 heterocycles. The number of nitrogens with zero attached hydrogens (tertiary/aromatic N) is 1. The number of rotatable bonds is 3. The topological polar surface area (TPSA) is 58.6 Å². The minimum Gasteiger partial charge on any atom is -0.411 e. The molecule has 0 saturated carbocycles. The maximum atomic E-state index is 12.5. The van der Waals surface area contributed by atoms with Crippen molar-refractivity contribution in [1.82, 2.24) is 0 Å². The van der Waals surface area contributed by atoms with Crippen LogP contribution in [0.2, 0.25) is 0 Å². The van der Waals surface area contributed by atoms with Crippen molar-refractivity contribution in [2.45, 2.75) is 12.5 Å². The Balaban J connectivity index is 2.59. The summed E-state index contributed by atoms with van der Waals surface area (Å²) < 4.78 is 12.5. The smallest absolute Gasteiger partial charge is 0.123 e. The van der Waals surface area contributed by atoms with Crippen LogP contribution in [0.3, 0.4) is 0 Å². The summed E-state index contributed by atoms with van der Waals surface area (Å²) in [4.78, 5) is 0. The highest BCUT2D eigenvalue weighted by molar-refractivity contribution is 5.63. The lowest BCUT2D eigenvalue weighted by Crippen LogP contribution is -2.24. The maximum absolute atomic E-state index is 12.5. The average molecular weight is 182 g/mol. The van der Waals surface area contributed by atoms with E-state index in [0.717, 1.165) is 5.56 Å². The van der Waals surface area contributed by atoms with E-state index in [0.29, 0.717) is 6.42 Å². The van der Waals surface area contributed by atoms with Crippen LogP contribution < -0.4 is 5.73 Å². The molecular formula is C9H11FN2O. The monoisotopic (exact) mass is 182 g/mol. The molecule has 0 aliphatic heterocycles. The lowest BCUT2D eigenvalue weighted by Gasteiger charge is -2.04. The molecule has 0 spiro atoms. The fraction of sp³-hybridized carbons (Fsp3) is 0.222. The highest BCUT2D eigenvalue weighted by Crippen LogP contribution is 2.04. The van der Waals surface area contributed by atoms with Crippen LogP contribution in [0.15, 0.2) is 29.4 Å². The zero-order chi connectivity index (χ0) is 9.68. The van der Waals surface area contributed by atoms with Gasteiger partial charge in [-0.25, -0.2) is 4.39 Å². The molecule has 0 bridgehead atoms. The maximum Gasteiger partial charge on any atom is 0.123 e. The summed E-state index contributed by atoms with van der Waals surface area (Å²) >= 11 is 0. The Morgan fingerprint density at radius 3 is 2.62 bits per heavy atom. The molecule has 0 amide bonds. The SMILES string of the molecule is NC(/C=N\O)Cc1ccc(F)cc1. The highest BCUT2D eigenvalue weighted by Gasteiger charge is 2.00. The molecule has 3 nitrogen and oxygen atoms in total. The molecule has 1 unspecified atom stereocenters. The number of halogens is 1. The van der Waals surface area contributed by atoms with Crippen LogP contribution in [0.25, 0.3) is 0 Å². The summed E-state index contributed by atoms with van der Waals surface area (Å²) in [7, 11) is 0. The van der Waals surface area contributed by atoms with Crippen molar-refractivity contribution in [3.05, 3.63) is 35.6 Å². The Morgan fingerprint density at radius 1 is 1.46 bits per heavy atom. The van der Waals surface area contributed by atoms with Gasteiger partial charge in [-0.05, 0) is 24.1 Å². The second kappa shape index (κ2) is 4.57. The van der Waals surface area contributed by atoms with E-state index in [1.807, 2.05) is 0 Å². The summed E-state index contributed by atoms with van der Waals surface area (Å²) in [6, 6.07) is 5.72. The zero-order valence-electron chi connectivity index (χ0n) is 7.02. The van der Waals surface area contributed by atoms with Gasteiger partial charge in [-0.3, -0.25) is 0 Å². The molecule has 0 aliphatic rings. The Kier molecular flexibility index (Phi) is 3.40. The van der Waals surface area contributed by atoms with Crippen LogP contribution in [-0.4, -0.2) is 17.5 Å². The predicted octanol–water partition coefficient (Wildman–Crippen LogP) is 1.16. The molecule has 4 heteroatoms. The highest BCUT2D eigenvalue weighted by atomic mass is 19.1. The van der Waals surface area contributed by atoms with Gasteiger partial charge in [0.25, 0.3) is 0 Å². The van der Waals surface area contributed by atoms with E-state index in [1.54, 1.807) is 12.1 Å². The fourth-order valence-electron chi connectivity index (χ4n) is 1.03. The lowest BCUT2D eigenvalue weighted by molar-refractivity contribution is 0.319. The molecule has 1 atom stereocenters. The first-order valence-corrected chi connectivity index (χ1v) is 3.90. The van der Waals surface area contributed by atoms with Gasteiger partial charge in [0.05, 0.1) is 6.21 Å². The zero-order valence-corrected chi connectivity index (χ0v) is 7.02. The van der Waals surface area contributed by atoms with Crippen molar-refractivity contribution in [2.24, 2.45) is 10.9 Å². The molecule has 0 saturated heterocycles. The quantitative estimate of drug-likeness (QED) is 0.418. The third kappa shape index (κ3) is 3.21. The van der Waals surface area contributed by atoms with Gasteiger partial charge < -0.3 is 10.9 Å². The number of nitrogens with two attached hydrogens (primary N) is 1. The van der Waals surface area contributed by atoms with Gasteiger partial charge in [-0.2, -0.15) is 0 Å². The van der Waals surface area contributed by atoms with E-state index < -0.39 is 0 Å². The molecule has 1 rings (SSSR count). The van der Waals surface area contributed by atoms with Gasteiger partial charge in [-0.15, -0.1) is 5.16 Å². The van der Waals surface area contributed by atoms with E-state index >= 15 is 0 Å². The van der Waals surface area contributed by atoms with E-state index in [2.05, 4.69) is 5.16 Å². The summed E-state index contributed by atoms with van der Waals surface area (Å²) in [6.07, 6.45) is 1.77. The second-order valence-corrected chi connectivity index (χ2v) is 2.76. The minimum absolute atomic E-state index is 0.270. The minimum atomic E-state index is -0.338. The standard InChI is InChI=1S/C9H11FN2O/c10-8-3-1-7(2-4-8)5-9(11)6-12-13/h1-4,6,9,13H,5,11H2/b12-6-. The molecule has 0 aromatic heterocycles. The van der Waals surface area contributed by atoms with Crippen molar-refractivity contribution in [2.75, 3.05) is 0 Å². The summed E-state index contributed by atoms with van der Waals surface area (Å²) in [5.41, 5.74) is 6.46. The molecule has 1 aromatic carbocycles. The summed E-state index contributed by atoms with van der Waals surface area (Å²) in [6.45, 7) is 0. The largest absolute Gasteiger partial charge is 0.411 e. The Morgan fingerprint density at radius 2 is 2.08 bits per heavy atom. The molecule has 3 N–H and O–H groups in total. The van der Waals surface area contributed by atoms with Gasteiger partial charge in [0, 0.05) is 6.04 Å². The first-order valence-electron chi connectivity index (χ1n) is 3.90. The van der Waals surface area contributed by atoms with Crippen LogP contribution in [0.5, 0.6) is 0 Å². The Bertz CT molecular complexity index is 284. The average Bonchev–Trinajstić information content (AvgIpc) is 2.09. The molecule has 0 fully saturated rings. The van der Waals surface area contributed by atoms with E-state index in [1.165, 1.54) is 18.3 Å². The van der Waals surface area contributed by atoms with Crippen molar-refractivity contribution >= 4 is 6.21 Å². The van der Waals surface area contributed by atoms with Gasteiger partial charge in [0.2, 0.25) is 0 Å². The van der Waals surface area contributed by atoms with E-state index in [9.17, 15) is 4.39 Å². The number of oxime groups is 1. The van der Waals surface area contributed by atoms with Crippen LogP contribution in [0.1, 0.15) is 5.56 Å². The molecule has 1 aromatic rings. The van der Waals surface area contributed by atoms with E-state index in [-0.39, 0.29) is 11.9 Å². The van der Waals surface area contributed by atoms with Gasteiger partial charge in [0.1, 0.15) is 5.82 Å². The Hall–Kier alpha value is -1.42. The number of hydrogen-bond acceptors (Lipinski definition) is 3. The number of hydrogen-bond donors (Lipinski definition) is 2. The third-order valence-corrected chi connectivity index (χ3v) is 1.64. The van der Waals surface area contributed by atoms with Crippen molar-refractivity contribution in [3.63, 3.8) is 0 Å². The van der Waals surface area contributed by atoms with Crippen molar-refractivity contribution < 1.29 is 9.60 Å². The van der Waals surface area contributed by atoms with Crippen molar-refractivity contribution in [1.29, 1.82) is 0 Å². The molecular weight excluding hydrogens is 171 g/mol. The normalized spacial score (nSPS) is 13.4. The van der Waals surface area contributed by atoms with Gasteiger partial charge >= 0.3 is 0 Å². The molecule has 13 heavy (non-hydrogen) atoms. The van der Waals surface area contributed by atoms with Crippen LogP contribution >= 0.6 is 0 Å². The fourth-order valence-corrected chi connectivity index (χ4v) is 1.03. The van der Waals surface area contributed by atoms with Gasteiger partial charge in [0.15, 0.2) is 0 Å². The van der Waals surface area contributed by atoms with Crippen LogP contribution in [0, 0.1) is 5.82 Å². The van der Waals surface area contributed by atoms with Crippen LogP contribution in [-0.2, 0) is 6.42 Å².